The molecule has 0 aliphatic carbocycles. The van der Waals surface area contributed by atoms with Crippen LogP contribution in [0.3, 0.4) is 0 Å². The number of nitrogens with zero attached hydrogens (tertiary/aromatic N) is 8. The van der Waals surface area contributed by atoms with E-state index in [9.17, 15) is 4.79 Å². The van der Waals surface area contributed by atoms with Crippen LogP contribution in [0.25, 0.3) is 27.4 Å². The lowest BCUT2D eigenvalue weighted by atomic mass is 9.97. The fourth-order valence-electron chi connectivity index (χ4n) is 5.27. The number of aromatic nitrogens is 5. The highest BCUT2D eigenvalue weighted by atomic mass is 32.1. The minimum atomic E-state index is 0.231. The van der Waals surface area contributed by atoms with Crippen molar-refractivity contribution in [2.75, 3.05) is 58.2 Å². The highest BCUT2D eigenvalue weighted by molar-refractivity contribution is 7.14. The van der Waals surface area contributed by atoms with Gasteiger partial charge >= 0.3 is 0 Å². The molecule has 4 aromatic heterocycles. The van der Waals surface area contributed by atoms with Crippen LogP contribution in [-0.4, -0.2) is 93.3 Å². The van der Waals surface area contributed by atoms with Crippen LogP contribution in [0.15, 0.2) is 36.8 Å². The average molecular weight is 543 g/mol. The predicted molar refractivity (Wildman–Crippen MR) is 150 cm³/mol. The Balaban J connectivity index is 1.14. The summed E-state index contributed by atoms with van der Waals surface area (Å²) in [7, 11) is 1.88. The minimum Gasteiger partial charge on any atom is -0.387 e. The quantitative estimate of drug-likeness (QED) is 0.378. The zero-order chi connectivity index (χ0) is 26.8. The normalized spacial score (nSPS) is 16.9. The van der Waals surface area contributed by atoms with Gasteiger partial charge in [0.05, 0.1) is 17.7 Å². The molecule has 2 fully saturated rings. The second-order valence-electron chi connectivity index (χ2n) is 9.90. The van der Waals surface area contributed by atoms with Crippen molar-refractivity contribution in [3.63, 3.8) is 0 Å². The monoisotopic (exact) mass is 542 g/mol. The van der Waals surface area contributed by atoms with E-state index in [1.165, 1.54) is 0 Å². The van der Waals surface area contributed by atoms with E-state index in [1.807, 2.05) is 47.1 Å². The standard InChI is InChI=1S/C27H30N10OS/c1-29-22-13-23(37-9-4-20-12-18(14-28)15-32-25(20)37)31-16-21(22)27-34-33-26(39-27)19-2-7-36(8-3-19)24(38)17-35-10-5-30-6-11-35/h4,9,12-13,15-16,19,30H,2-3,5-8,10-11,17H2,1H3,(H,29,31). The van der Waals surface area contributed by atoms with Crippen molar-refractivity contribution in [3.05, 3.63) is 47.4 Å². The second-order valence-corrected chi connectivity index (χ2v) is 10.9. The fraction of sp³-hybridized carbons (Fsp3) is 0.407. The van der Waals surface area contributed by atoms with Crippen molar-refractivity contribution in [1.29, 1.82) is 5.26 Å². The van der Waals surface area contributed by atoms with E-state index < -0.39 is 0 Å². The number of anilines is 1. The number of amides is 1. The van der Waals surface area contributed by atoms with Gasteiger partial charge in [-0.15, -0.1) is 10.2 Å². The summed E-state index contributed by atoms with van der Waals surface area (Å²) in [5.41, 5.74) is 3.06. The Bertz CT molecular complexity index is 1530. The van der Waals surface area contributed by atoms with E-state index in [1.54, 1.807) is 17.5 Å². The maximum absolute atomic E-state index is 12.8. The van der Waals surface area contributed by atoms with Crippen LogP contribution in [0.5, 0.6) is 0 Å². The summed E-state index contributed by atoms with van der Waals surface area (Å²) >= 11 is 1.60. The van der Waals surface area contributed by atoms with E-state index in [0.29, 0.717) is 18.0 Å². The van der Waals surface area contributed by atoms with Crippen molar-refractivity contribution in [2.24, 2.45) is 0 Å². The lowest BCUT2D eigenvalue weighted by molar-refractivity contribution is -0.133. The molecule has 200 valence electrons. The minimum absolute atomic E-state index is 0.231. The number of nitriles is 1. The Hall–Kier alpha value is -3.92. The van der Waals surface area contributed by atoms with E-state index >= 15 is 0 Å². The molecule has 0 atom stereocenters. The number of carbonyl (C=O) groups is 1. The summed E-state index contributed by atoms with van der Waals surface area (Å²) in [5.74, 6) is 1.26. The molecule has 6 heterocycles. The number of piperidine rings is 1. The SMILES string of the molecule is CNc1cc(-n2ccc3cc(C#N)cnc32)ncc1-c1nnc(C2CCN(C(=O)CN3CCNCC3)CC2)s1. The summed E-state index contributed by atoms with van der Waals surface area (Å²) in [5, 5.41) is 27.5. The van der Waals surface area contributed by atoms with Crippen molar-refractivity contribution in [1.82, 2.24) is 39.8 Å². The molecule has 0 radical (unpaired) electrons. The van der Waals surface area contributed by atoms with Gasteiger partial charge in [-0.25, -0.2) is 9.97 Å². The average Bonchev–Trinajstić information content (AvgIpc) is 3.65. The van der Waals surface area contributed by atoms with E-state index in [0.717, 1.165) is 90.2 Å². The first-order chi connectivity index (χ1) is 19.1. The number of carbonyl (C=O) groups excluding carboxylic acids is 1. The van der Waals surface area contributed by atoms with Crippen molar-refractivity contribution in [2.45, 2.75) is 18.8 Å². The lowest BCUT2D eigenvalue weighted by Gasteiger charge is -2.33. The summed E-state index contributed by atoms with van der Waals surface area (Å²) in [6, 6.07) is 7.85. The number of hydrogen-bond acceptors (Lipinski definition) is 10. The summed E-state index contributed by atoms with van der Waals surface area (Å²) in [6.45, 7) is 5.81. The third kappa shape index (κ3) is 5.21. The molecule has 4 aromatic rings. The lowest BCUT2D eigenvalue weighted by Crippen LogP contribution is -2.49. The predicted octanol–water partition coefficient (Wildman–Crippen LogP) is 2.46. The number of hydrogen-bond donors (Lipinski definition) is 2. The number of rotatable bonds is 6. The summed E-state index contributed by atoms with van der Waals surface area (Å²) in [6.07, 6.45) is 7.10. The third-order valence-electron chi connectivity index (χ3n) is 7.50. The number of piperazine rings is 1. The van der Waals surface area contributed by atoms with Gasteiger partial charge in [0.15, 0.2) is 5.01 Å². The molecule has 11 nitrogen and oxygen atoms in total. The Morgan fingerprint density at radius 3 is 2.74 bits per heavy atom. The van der Waals surface area contributed by atoms with E-state index in [2.05, 4.69) is 36.8 Å². The van der Waals surface area contributed by atoms with Crippen molar-refractivity contribution < 1.29 is 4.79 Å². The molecule has 2 aliphatic rings. The Kier molecular flexibility index (Phi) is 7.19. The topological polar surface area (TPSA) is 128 Å². The molecule has 2 N–H and O–H groups in total. The van der Waals surface area contributed by atoms with Crippen LogP contribution in [0.1, 0.15) is 29.3 Å². The first-order valence-corrected chi connectivity index (χ1v) is 14.0. The van der Waals surface area contributed by atoms with Crippen LogP contribution < -0.4 is 10.6 Å². The number of nitrogens with one attached hydrogen (secondary N) is 2. The molecule has 2 aliphatic heterocycles. The number of fused-ring (bicyclic) bond motifs is 1. The Morgan fingerprint density at radius 1 is 1.15 bits per heavy atom. The molecule has 6 rings (SSSR count). The van der Waals surface area contributed by atoms with Crippen LogP contribution in [-0.2, 0) is 4.79 Å². The molecule has 12 heteroatoms. The zero-order valence-corrected chi connectivity index (χ0v) is 22.6. The smallest absolute Gasteiger partial charge is 0.236 e. The largest absolute Gasteiger partial charge is 0.387 e. The highest BCUT2D eigenvalue weighted by Crippen LogP contribution is 2.36. The van der Waals surface area contributed by atoms with Gasteiger partial charge in [-0.2, -0.15) is 5.26 Å². The van der Waals surface area contributed by atoms with E-state index in [-0.39, 0.29) is 5.91 Å². The molecular formula is C27H30N10OS. The molecular weight excluding hydrogens is 512 g/mol. The molecule has 0 unspecified atom stereocenters. The van der Waals surface area contributed by atoms with Gasteiger partial charge in [-0.1, -0.05) is 11.3 Å². The van der Waals surface area contributed by atoms with Gasteiger partial charge in [0.1, 0.15) is 22.5 Å². The Morgan fingerprint density at radius 2 is 1.97 bits per heavy atom. The molecule has 0 spiro atoms. The first kappa shape index (κ1) is 25.4. The second kappa shape index (κ2) is 11.1. The molecule has 0 aromatic carbocycles. The molecule has 39 heavy (non-hydrogen) atoms. The van der Waals surface area contributed by atoms with Crippen molar-refractivity contribution >= 4 is 34.0 Å². The molecule has 1 amide bonds. The third-order valence-corrected chi connectivity index (χ3v) is 8.62. The van der Waals surface area contributed by atoms with Crippen LogP contribution in [0.2, 0.25) is 0 Å². The van der Waals surface area contributed by atoms with Crippen LogP contribution in [0.4, 0.5) is 5.69 Å². The van der Waals surface area contributed by atoms with E-state index in [4.69, 9.17) is 10.2 Å². The summed E-state index contributed by atoms with van der Waals surface area (Å²) in [4.78, 5) is 26.2. The number of likely N-dealkylation sites (tertiary alicyclic amines) is 1. The number of pyridine rings is 2. The highest BCUT2D eigenvalue weighted by Gasteiger charge is 2.28. The van der Waals surface area contributed by atoms with Gasteiger partial charge in [0, 0.05) is 88.0 Å². The summed E-state index contributed by atoms with van der Waals surface area (Å²) < 4.78 is 1.91. The van der Waals surface area contributed by atoms with Crippen LogP contribution in [0, 0.1) is 11.3 Å². The zero-order valence-electron chi connectivity index (χ0n) is 21.8. The molecule has 0 saturated carbocycles. The van der Waals surface area contributed by atoms with Gasteiger partial charge < -0.3 is 15.5 Å². The van der Waals surface area contributed by atoms with Gasteiger partial charge in [0.2, 0.25) is 5.91 Å². The maximum atomic E-state index is 12.8. The Labute approximate surface area is 230 Å². The molecule has 2 saturated heterocycles. The maximum Gasteiger partial charge on any atom is 0.236 e. The first-order valence-electron chi connectivity index (χ1n) is 13.2. The molecule has 0 bridgehead atoms. The van der Waals surface area contributed by atoms with Gasteiger partial charge in [-0.3, -0.25) is 14.3 Å². The van der Waals surface area contributed by atoms with Crippen LogP contribution >= 0.6 is 11.3 Å². The van der Waals surface area contributed by atoms with Crippen molar-refractivity contribution in [3.8, 4) is 22.5 Å². The van der Waals surface area contributed by atoms with Gasteiger partial charge in [0.25, 0.3) is 0 Å². The fourth-order valence-corrected chi connectivity index (χ4v) is 6.30. The van der Waals surface area contributed by atoms with Gasteiger partial charge in [-0.05, 0) is 25.0 Å².